The Balaban J connectivity index is 1.75. The lowest BCUT2D eigenvalue weighted by atomic mass is 10.1. The van der Waals surface area contributed by atoms with E-state index in [0.29, 0.717) is 16.5 Å². The van der Waals surface area contributed by atoms with E-state index < -0.39 is 33.0 Å². The highest BCUT2D eigenvalue weighted by Crippen LogP contribution is 2.34. The molecule has 42 heavy (non-hydrogen) atoms. The van der Waals surface area contributed by atoms with Crippen molar-refractivity contribution in [1.82, 2.24) is 29.0 Å². The summed E-state index contributed by atoms with van der Waals surface area (Å²) in [6.07, 6.45) is 0.781. The van der Waals surface area contributed by atoms with Gasteiger partial charge < -0.3 is 15.3 Å². The Bertz CT molecular complexity index is 2360. The highest BCUT2D eigenvalue weighted by molar-refractivity contribution is 7.89. The van der Waals surface area contributed by atoms with E-state index in [1.807, 2.05) is 4.72 Å². The number of benzene rings is 3. The molecule has 0 spiro atoms. The van der Waals surface area contributed by atoms with Crippen molar-refractivity contribution in [2.45, 2.75) is 13.5 Å². The second-order valence-corrected chi connectivity index (χ2v) is 12.0. The maximum Gasteiger partial charge on any atom is 0.333 e. The first-order valence-electron chi connectivity index (χ1n) is 12.3. The van der Waals surface area contributed by atoms with Gasteiger partial charge in [0.25, 0.3) is 11.5 Å². The van der Waals surface area contributed by atoms with Crippen molar-refractivity contribution in [3.63, 3.8) is 0 Å². The molecule has 3 aromatic heterocycles. The number of aromatic amines is 2. The summed E-state index contributed by atoms with van der Waals surface area (Å²) < 4.78 is 43.4. The first-order valence-corrected chi connectivity index (χ1v) is 14.6. The van der Waals surface area contributed by atoms with Gasteiger partial charge in [-0.1, -0.05) is 23.7 Å². The van der Waals surface area contributed by atoms with Crippen molar-refractivity contribution in [3.8, 4) is 5.69 Å². The summed E-state index contributed by atoms with van der Waals surface area (Å²) in [6.45, 7) is 1.27. The fourth-order valence-corrected chi connectivity index (χ4v) is 5.71. The third-order valence-electron chi connectivity index (χ3n) is 6.93. The van der Waals surface area contributed by atoms with Crippen LogP contribution in [0.4, 0.5) is 10.2 Å². The summed E-state index contributed by atoms with van der Waals surface area (Å²) in [4.78, 5) is 43.5. The number of sulfonamides is 1. The van der Waals surface area contributed by atoms with E-state index in [2.05, 4.69) is 15.2 Å². The van der Waals surface area contributed by atoms with Gasteiger partial charge in [-0.05, 0) is 54.4 Å². The van der Waals surface area contributed by atoms with E-state index in [1.165, 1.54) is 23.6 Å². The van der Waals surface area contributed by atoms with Gasteiger partial charge in [0.1, 0.15) is 11.5 Å². The van der Waals surface area contributed by atoms with Crippen LogP contribution in [0.3, 0.4) is 0 Å². The summed E-state index contributed by atoms with van der Waals surface area (Å²) in [6, 6.07) is 12.0. The fourth-order valence-electron chi connectivity index (χ4n) is 5.06. The monoisotopic (exact) mass is 609 g/mol. The lowest BCUT2D eigenvalue weighted by Gasteiger charge is -2.14. The molecule has 0 atom stereocenters. The number of H-pyrrole nitrogens is 2. The van der Waals surface area contributed by atoms with Crippen molar-refractivity contribution in [2.24, 2.45) is 0 Å². The minimum atomic E-state index is -4.12. The number of fused-ring (bicyclic) bond motifs is 3. The molecule has 0 radical (unpaired) electrons. The molecule has 0 saturated heterocycles. The Hall–Kier alpha value is -4.95. The lowest BCUT2D eigenvalue weighted by Crippen LogP contribution is -2.37. The summed E-state index contributed by atoms with van der Waals surface area (Å²) >= 11 is 6.57. The number of nitrogens with two attached hydrogens (primary N) is 1. The molecule has 15 heteroatoms. The normalized spacial score (nSPS) is 12.0. The van der Waals surface area contributed by atoms with E-state index in [9.17, 15) is 22.8 Å². The van der Waals surface area contributed by atoms with Gasteiger partial charge in [0.15, 0.2) is 5.82 Å². The average molecular weight is 610 g/mol. The Morgan fingerprint density at radius 1 is 1.10 bits per heavy atom. The van der Waals surface area contributed by atoms with Crippen molar-refractivity contribution >= 4 is 66.1 Å². The number of aromatic nitrogens is 5. The van der Waals surface area contributed by atoms with Crippen LogP contribution in [0.5, 0.6) is 0 Å². The number of nitrogens with zero attached hydrogens (tertiary/aromatic N) is 3. The van der Waals surface area contributed by atoms with Gasteiger partial charge in [-0.3, -0.25) is 14.7 Å². The van der Waals surface area contributed by atoms with Crippen molar-refractivity contribution in [2.75, 3.05) is 12.0 Å². The first kappa shape index (κ1) is 27.2. The number of nitrogens with one attached hydrogen (secondary N) is 3. The van der Waals surface area contributed by atoms with Gasteiger partial charge in [-0.25, -0.2) is 26.9 Å². The van der Waals surface area contributed by atoms with E-state index in [1.54, 1.807) is 30.3 Å². The number of anilines is 1. The van der Waals surface area contributed by atoms with E-state index in [-0.39, 0.29) is 56.1 Å². The van der Waals surface area contributed by atoms with Crippen molar-refractivity contribution in [3.05, 3.63) is 97.0 Å². The Kier molecular flexibility index (Phi) is 6.20. The summed E-state index contributed by atoms with van der Waals surface area (Å²) in [7, 11) is -4.12. The predicted molar refractivity (Wildman–Crippen MR) is 157 cm³/mol. The number of carbonyl (C=O) groups is 1. The lowest BCUT2D eigenvalue weighted by molar-refractivity contribution is 0.0973. The molecule has 0 aliphatic carbocycles. The van der Waals surface area contributed by atoms with E-state index in [4.69, 9.17) is 17.3 Å². The molecular formula is C27H21ClFN7O5S. The van der Waals surface area contributed by atoms with E-state index in [0.717, 1.165) is 16.9 Å². The maximum atomic E-state index is 15.0. The zero-order valence-electron chi connectivity index (χ0n) is 22.0. The standard InChI is InChI=1S/C27H21ClFN7O5S/c1-12-7-16-21(10-18(12)29)35(11-13-8-15-20(9-17(13)28)32-33-24(15)30)23(25(37)34-42(2,40)41)22(16)36-26(38)14-5-3-4-6-19(14)31-27(36)39/h3-10H,11H2,1-2H3,(H,31,39)(H,34,37)(H3,30,32,33). The number of aryl methyl sites for hydroxylation is 1. The molecule has 5 N–H and O–H groups in total. The summed E-state index contributed by atoms with van der Waals surface area (Å²) in [5.41, 5.74) is 5.17. The molecule has 0 saturated carbocycles. The third-order valence-corrected chi connectivity index (χ3v) is 7.83. The predicted octanol–water partition coefficient (Wildman–Crippen LogP) is 2.93. The van der Waals surface area contributed by atoms with Crippen molar-refractivity contribution in [1.29, 1.82) is 0 Å². The fraction of sp³-hybridized carbons (Fsp3) is 0.111. The molecule has 214 valence electrons. The van der Waals surface area contributed by atoms with E-state index >= 15 is 4.39 Å². The number of carbonyl (C=O) groups excluding carboxylic acids is 1. The van der Waals surface area contributed by atoms with Crippen LogP contribution in [-0.2, 0) is 16.6 Å². The summed E-state index contributed by atoms with van der Waals surface area (Å²) in [5.74, 6) is -1.60. The Morgan fingerprint density at radius 2 is 1.83 bits per heavy atom. The van der Waals surface area contributed by atoms with Crippen LogP contribution >= 0.6 is 11.6 Å². The van der Waals surface area contributed by atoms with Gasteiger partial charge in [-0.2, -0.15) is 5.10 Å². The zero-order chi connectivity index (χ0) is 30.1. The number of para-hydroxylation sites is 1. The van der Waals surface area contributed by atoms with Crippen LogP contribution in [0.2, 0.25) is 5.02 Å². The Labute approximate surface area is 240 Å². The number of halogens is 2. The molecule has 6 rings (SSSR count). The van der Waals surface area contributed by atoms with Gasteiger partial charge in [0.05, 0.1) is 33.9 Å². The minimum Gasteiger partial charge on any atom is -0.382 e. The van der Waals surface area contributed by atoms with Crippen LogP contribution in [0.25, 0.3) is 38.4 Å². The Morgan fingerprint density at radius 3 is 2.57 bits per heavy atom. The number of nitrogen functional groups attached to an aromatic ring is 1. The molecule has 3 heterocycles. The second-order valence-electron chi connectivity index (χ2n) is 9.82. The SMILES string of the molecule is Cc1cc2c(-n3c(=O)[nH]c4ccccc4c3=O)c(C(=O)NS(C)(=O)=O)n(Cc3cc4c(N)n[nH]c4cc3Cl)c2cc1F. The van der Waals surface area contributed by atoms with Crippen LogP contribution in [-0.4, -0.2) is 44.9 Å². The van der Waals surface area contributed by atoms with Crippen molar-refractivity contribution < 1.29 is 17.6 Å². The van der Waals surface area contributed by atoms with Crippen LogP contribution in [0.15, 0.2) is 58.1 Å². The smallest absolute Gasteiger partial charge is 0.333 e. The zero-order valence-corrected chi connectivity index (χ0v) is 23.5. The molecule has 12 nitrogen and oxygen atoms in total. The van der Waals surface area contributed by atoms with Gasteiger partial charge in [-0.15, -0.1) is 0 Å². The topological polar surface area (TPSA) is 178 Å². The third kappa shape index (κ3) is 4.40. The number of hydrogen-bond acceptors (Lipinski definition) is 7. The second kappa shape index (κ2) is 9.56. The molecule has 3 aromatic carbocycles. The van der Waals surface area contributed by atoms with Gasteiger partial charge >= 0.3 is 5.69 Å². The first-order chi connectivity index (χ1) is 19.8. The van der Waals surface area contributed by atoms with Gasteiger partial charge in [0, 0.05) is 22.3 Å². The molecular weight excluding hydrogens is 589 g/mol. The number of amides is 1. The molecule has 0 unspecified atom stereocenters. The molecule has 0 aliphatic heterocycles. The highest BCUT2D eigenvalue weighted by atomic mass is 35.5. The number of rotatable bonds is 5. The maximum absolute atomic E-state index is 15.0. The van der Waals surface area contributed by atoms with Gasteiger partial charge in [0.2, 0.25) is 10.0 Å². The average Bonchev–Trinajstić information content (AvgIpc) is 3.40. The summed E-state index contributed by atoms with van der Waals surface area (Å²) in [5, 5.41) is 7.75. The molecule has 0 aliphatic rings. The molecule has 1 amide bonds. The highest BCUT2D eigenvalue weighted by Gasteiger charge is 2.29. The van der Waals surface area contributed by atoms with Crippen LogP contribution < -0.4 is 21.7 Å². The molecule has 0 bridgehead atoms. The van der Waals surface area contributed by atoms with Crippen LogP contribution in [0, 0.1) is 12.7 Å². The number of hydrogen-bond donors (Lipinski definition) is 4. The molecule has 6 aromatic rings. The largest absolute Gasteiger partial charge is 0.382 e. The van der Waals surface area contributed by atoms with Crippen LogP contribution in [0.1, 0.15) is 21.6 Å². The molecule has 0 fully saturated rings. The minimum absolute atomic E-state index is 0.0996. The quantitative estimate of drug-likeness (QED) is 0.232.